The molecule has 0 saturated carbocycles. The van der Waals surface area contributed by atoms with E-state index in [2.05, 4.69) is 6.58 Å². The van der Waals surface area contributed by atoms with E-state index in [-0.39, 0.29) is 11.3 Å². The molecule has 0 heterocycles. The van der Waals surface area contributed by atoms with Crippen LogP contribution in [0.25, 0.3) is 0 Å². The van der Waals surface area contributed by atoms with Gasteiger partial charge in [-0.1, -0.05) is 6.08 Å². The number of phenols is 1. The highest BCUT2D eigenvalue weighted by Gasteiger charge is 2.15. The molecule has 1 N–H and O–H groups in total. The van der Waals surface area contributed by atoms with E-state index in [1.165, 1.54) is 17.0 Å². The number of phenolic OH excluding ortho intramolecular Hbond substituents is 1. The summed E-state index contributed by atoms with van der Waals surface area (Å²) in [5.74, 6) is -1.36. The first kappa shape index (κ1) is 11.2. The van der Waals surface area contributed by atoms with E-state index in [0.717, 1.165) is 6.07 Å². The molecule has 1 rings (SSSR count). The molecule has 80 valence electrons. The van der Waals surface area contributed by atoms with Crippen molar-refractivity contribution >= 4 is 5.91 Å². The summed E-state index contributed by atoms with van der Waals surface area (Å²) in [6, 6.07) is 3.44. The molecule has 3 nitrogen and oxygen atoms in total. The lowest BCUT2D eigenvalue weighted by Gasteiger charge is -2.15. The lowest BCUT2D eigenvalue weighted by atomic mass is 10.2. The van der Waals surface area contributed by atoms with Gasteiger partial charge in [0.2, 0.25) is 0 Å². The SMILES string of the molecule is C=CCN(C)C(=O)c1ccc(O)cc1F. The van der Waals surface area contributed by atoms with Gasteiger partial charge >= 0.3 is 0 Å². The third-order valence-electron chi connectivity index (χ3n) is 1.93. The second-order valence-electron chi connectivity index (χ2n) is 3.14. The third kappa shape index (κ3) is 2.56. The van der Waals surface area contributed by atoms with E-state index >= 15 is 0 Å². The Labute approximate surface area is 87.4 Å². The largest absolute Gasteiger partial charge is 0.508 e. The summed E-state index contributed by atoms with van der Waals surface area (Å²) in [5.41, 5.74) is -0.0582. The van der Waals surface area contributed by atoms with Gasteiger partial charge in [0.1, 0.15) is 11.6 Å². The van der Waals surface area contributed by atoms with Crippen molar-refractivity contribution in [2.45, 2.75) is 0 Å². The normalized spacial score (nSPS) is 9.73. The molecule has 0 bridgehead atoms. The average molecular weight is 209 g/mol. The summed E-state index contributed by atoms with van der Waals surface area (Å²) in [7, 11) is 1.55. The van der Waals surface area contributed by atoms with E-state index in [1.807, 2.05) is 0 Å². The molecule has 1 amide bonds. The van der Waals surface area contributed by atoms with Gasteiger partial charge in [0.25, 0.3) is 5.91 Å². The minimum Gasteiger partial charge on any atom is -0.508 e. The van der Waals surface area contributed by atoms with Crippen LogP contribution >= 0.6 is 0 Å². The van der Waals surface area contributed by atoms with Crippen LogP contribution in [0.1, 0.15) is 10.4 Å². The smallest absolute Gasteiger partial charge is 0.256 e. The van der Waals surface area contributed by atoms with Crippen LogP contribution in [0, 0.1) is 5.82 Å². The Morgan fingerprint density at radius 2 is 2.33 bits per heavy atom. The van der Waals surface area contributed by atoms with Crippen LogP contribution in [-0.4, -0.2) is 29.5 Å². The number of aromatic hydroxyl groups is 1. The summed E-state index contributed by atoms with van der Waals surface area (Å²) in [5, 5.41) is 8.98. The van der Waals surface area contributed by atoms with Gasteiger partial charge in [0, 0.05) is 19.7 Å². The first-order valence-electron chi connectivity index (χ1n) is 4.41. The minimum absolute atomic E-state index is 0.0582. The average Bonchev–Trinajstić information content (AvgIpc) is 2.17. The second kappa shape index (κ2) is 4.59. The Bertz CT molecular complexity index is 390. The Balaban J connectivity index is 2.96. The molecule has 0 atom stereocenters. The zero-order chi connectivity index (χ0) is 11.4. The lowest BCUT2D eigenvalue weighted by Crippen LogP contribution is -2.27. The maximum absolute atomic E-state index is 13.3. The molecule has 0 saturated heterocycles. The van der Waals surface area contributed by atoms with Crippen LogP contribution in [0.15, 0.2) is 30.9 Å². The lowest BCUT2D eigenvalue weighted by molar-refractivity contribution is 0.0805. The fourth-order valence-corrected chi connectivity index (χ4v) is 1.16. The number of halogens is 1. The Morgan fingerprint density at radius 1 is 1.67 bits per heavy atom. The molecule has 0 aliphatic heterocycles. The number of carbonyl (C=O) groups is 1. The van der Waals surface area contributed by atoms with Crippen LogP contribution in [0.4, 0.5) is 4.39 Å². The van der Waals surface area contributed by atoms with E-state index in [9.17, 15) is 9.18 Å². The van der Waals surface area contributed by atoms with Gasteiger partial charge in [-0.25, -0.2) is 4.39 Å². The van der Waals surface area contributed by atoms with Gasteiger partial charge in [0.15, 0.2) is 0 Å². The maximum atomic E-state index is 13.3. The molecule has 1 aromatic carbocycles. The van der Waals surface area contributed by atoms with Gasteiger partial charge in [-0.3, -0.25) is 4.79 Å². The highest BCUT2D eigenvalue weighted by atomic mass is 19.1. The Hall–Kier alpha value is -1.84. The number of rotatable bonds is 3. The van der Waals surface area contributed by atoms with Crippen LogP contribution in [0.5, 0.6) is 5.75 Å². The van der Waals surface area contributed by atoms with Gasteiger partial charge in [-0.05, 0) is 12.1 Å². The number of hydrogen-bond acceptors (Lipinski definition) is 2. The molecular formula is C11H12FNO2. The standard InChI is InChI=1S/C11H12FNO2/c1-3-6-13(2)11(15)9-5-4-8(14)7-10(9)12/h3-5,7,14H,1,6H2,2H3. The van der Waals surface area contributed by atoms with E-state index in [0.29, 0.717) is 6.54 Å². The number of amides is 1. The summed E-state index contributed by atoms with van der Waals surface area (Å²) < 4.78 is 13.3. The first-order chi connectivity index (χ1) is 7.06. The van der Waals surface area contributed by atoms with Crippen molar-refractivity contribution in [1.82, 2.24) is 4.90 Å². The van der Waals surface area contributed by atoms with E-state index < -0.39 is 11.7 Å². The highest BCUT2D eigenvalue weighted by molar-refractivity contribution is 5.94. The summed E-state index contributed by atoms with van der Waals surface area (Å²) in [6.45, 7) is 3.83. The maximum Gasteiger partial charge on any atom is 0.256 e. The fraction of sp³-hybridized carbons (Fsp3) is 0.182. The Kier molecular flexibility index (Phi) is 3.44. The number of benzene rings is 1. The van der Waals surface area contributed by atoms with Crippen LogP contribution in [0.3, 0.4) is 0 Å². The molecule has 0 unspecified atom stereocenters. The van der Waals surface area contributed by atoms with Gasteiger partial charge in [0.05, 0.1) is 5.56 Å². The summed E-state index contributed by atoms with van der Waals surface area (Å²) in [4.78, 5) is 13.0. The summed E-state index contributed by atoms with van der Waals surface area (Å²) >= 11 is 0. The monoisotopic (exact) mass is 209 g/mol. The topological polar surface area (TPSA) is 40.5 Å². The molecule has 4 heteroatoms. The predicted octanol–water partition coefficient (Wildman–Crippen LogP) is 1.79. The van der Waals surface area contributed by atoms with Crippen LogP contribution < -0.4 is 0 Å². The fourth-order valence-electron chi connectivity index (χ4n) is 1.16. The number of likely N-dealkylation sites (N-methyl/N-ethyl adjacent to an activating group) is 1. The quantitative estimate of drug-likeness (QED) is 0.771. The number of carbonyl (C=O) groups excluding carboxylic acids is 1. The Morgan fingerprint density at radius 3 is 2.87 bits per heavy atom. The van der Waals surface area contributed by atoms with Crippen molar-refractivity contribution < 1.29 is 14.3 Å². The van der Waals surface area contributed by atoms with Crippen molar-refractivity contribution in [3.8, 4) is 5.75 Å². The van der Waals surface area contributed by atoms with Gasteiger partial charge in [-0.2, -0.15) is 0 Å². The molecule has 15 heavy (non-hydrogen) atoms. The molecule has 0 aliphatic rings. The highest BCUT2D eigenvalue weighted by Crippen LogP contribution is 2.16. The van der Waals surface area contributed by atoms with Crippen LogP contribution in [0.2, 0.25) is 0 Å². The molecule has 0 aliphatic carbocycles. The van der Waals surface area contributed by atoms with E-state index in [4.69, 9.17) is 5.11 Å². The molecule has 0 fully saturated rings. The molecular weight excluding hydrogens is 197 g/mol. The first-order valence-corrected chi connectivity index (χ1v) is 4.41. The zero-order valence-electron chi connectivity index (χ0n) is 8.40. The minimum atomic E-state index is -0.726. The molecule has 1 aromatic rings. The second-order valence-corrected chi connectivity index (χ2v) is 3.14. The zero-order valence-corrected chi connectivity index (χ0v) is 8.40. The van der Waals surface area contributed by atoms with Crippen molar-refractivity contribution in [1.29, 1.82) is 0 Å². The van der Waals surface area contributed by atoms with Gasteiger partial charge in [-0.15, -0.1) is 6.58 Å². The number of nitrogens with zero attached hydrogens (tertiary/aromatic N) is 1. The number of hydrogen-bond donors (Lipinski definition) is 1. The van der Waals surface area contributed by atoms with Gasteiger partial charge < -0.3 is 10.0 Å². The molecule has 0 spiro atoms. The van der Waals surface area contributed by atoms with Crippen molar-refractivity contribution in [2.75, 3.05) is 13.6 Å². The van der Waals surface area contributed by atoms with E-state index in [1.54, 1.807) is 13.1 Å². The predicted molar refractivity (Wildman–Crippen MR) is 55.2 cm³/mol. The van der Waals surface area contributed by atoms with Crippen molar-refractivity contribution in [3.63, 3.8) is 0 Å². The van der Waals surface area contributed by atoms with Crippen LogP contribution in [-0.2, 0) is 0 Å². The van der Waals surface area contributed by atoms with Crippen molar-refractivity contribution in [3.05, 3.63) is 42.2 Å². The third-order valence-corrected chi connectivity index (χ3v) is 1.93. The molecule has 0 aromatic heterocycles. The summed E-state index contributed by atoms with van der Waals surface area (Å²) in [6.07, 6.45) is 1.55. The molecule has 0 radical (unpaired) electrons. The van der Waals surface area contributed by atoms with Crippen molar-refractivity contribution in [2.24, 2.45) is 0 Å².